The second kappa shape index (κ2) is 4.28. The summed E-state index contributed by atoms with van der Waals surface area (Å²) in [6.45, 7) is 7.40. The number of rotatable bonds is 3. The largest absolute Gasteiger partial charge is 0.330 e. The number of hydrogen-bond donors (Lipinski definition) is 1. The first-order valence-corrected chi connectivity index (χ1v) is 6.98. The van der Waals surface area contributed by atoms with Crippen molar-refractivity contribution in [1.82, 2.24) is 9.80 Å². The average molecular weight is 223 g/mol. The Morgan fingerprint density at radius 2 is 2.00 bits per heavy atom. The van der Waals surface area contributed by atoms with E-state index < -0.39 is 0 Å². The van der Waals surface area contributed by atoms with Gasteiger partial charge in [-0.05, 0) is 44.2 Å². The molecule has 3 nitrogen and oxygen atoms in total. The fraction of sp³-hybridized carbons (Fsp3) is 1.00. The Morgan fingerprint density at radius 1 is 1.12 bits per heavy atom. The Bertz CT molecular complexity index is 244. The molecule has 0 aromatic rings. The summed E-state index contributed by atoms with van der Waals surface area (Å²) in [5.74, 6) is 0. The highest BCUT2D eigenvalue weighted by Crippen LogP contribution is 2.41. The summed E-state index contributed by atoms with van der Waals surface area (Å²) in [6.07, 6.45) is 6.98. The van der Waals surface area contributed by atoms with Gasteiger partial charge in [0.25, 0.3) is 0 Å². The van der Waals surface area contributed by atoms with Crippen LogP contribution in [0.2, 0.25) is 0 Å². The molecule has 0 bridgehead atoms. The normalized spacial score (nSPS) is 34.7. The third kappa shape index (κ3) is 1.89. The van der Waals surface area contributed by atoms with Gasteiger partial charge in [-0.2, -0.15) is 0 Å². The zero-order chi connectivity index (χ0) is 11.0. The molecule has 0 radical (unpaired) electrons. The Morgan fingerprint density at radius 3 is 2.69 bits per heavy atom. The Hall–Kier alpha value is -0.120. The summed E-state index contributed by atoms with van der Waals surface area (Å²) in [6, 6.07) is 0.864. The van der Waals surface area contributed by atoms with E-state index in [4.69, 9.17) is 5.73 Å². The van der Waals surface area contributed by atoms with E-state index in [9.17, 15) is 0 Å². The summed E-state index contributed by atoms with van der Waals surface area (Å²) in [5, 5.41) is 0. The first-order valence-electron chi connectivity index (χ1n) is 6.98. The molecule has 1 unspecified atom stereocenters. The van der Waals surface area contributed by atoms with Crippen molar-refractivity contribution in [1.29, 1.82) is 0 Å². The monoisotopic (exact) mass is 223 g/mol. The highest BCUT2D eigenvalue weighted by atomic mass is 15.3. The molecule has 2 aliphatic heterocycles. The molecule has 1 atom stereocenters. The molecule has 0 aromatic carbocycles. The average Bonchev–Trinajstić information content (AvgIpc) is 2.70. The maximum absolute atomic E-state index is 5.96. The van der Waals surface area contributed by atoms with Gasteiger partial charge in [0.05, 0.1) is 0 Å². The van der Waals surface area contributed by atoms with Gasteiger partial charge in [0, 0.05) is 32.2 Å². The predicted molar refractivity (Wildman–Crippen MR) is 66.4 cm³/mol. The van der Waals surface area contributed by atoms with Crippen molar-refractivity contribution in [3.63, 3.8) is 0 Å². The van der Waals surface area contributed by atoms with Gasteiger partial charge >= 0.3 is 0 Å². The number of hydrogen-bond acceptors (Lipinski definition) is 3. The maximum atomic E-state index is 5.96. The van der Waals surface area contributed by atoms with E-state index in [-0.39, 0.29) is 0 Å². The molecule has 3 rings (SSSR count). The molecule has 92 valence electrons. The Balaban J connectivity index is 1.56. The van der Waals surface area contributed by atoms with E-state index >= 15 is 0 Å². The minimum absolute atomic E-state index is 0.501. The van der Waals surface area contributed by atoms with Gasteiger partial charge in [-0.15, -0.1) is 0 Å². The Labute approximate surface area is 99.0 Å². The molecule has 0 amide bonds. The number of piperazine rings is 1. The standard InChI is InChI=1S/C13H25N3/c14-10-13(4-2-5-13)11-15-7-8-16-6-1-3-12(16)9-15/h12H,1-11,14H2. The molecule has 1 aliphatic carbocycles. The van der Waals surface area contributed by atoms with Crippen LogP contribution in [-0.2, 0) is 0 Å². The van der Waals surface area contributed by atoms with Crippen LogP contribution in [0.3, 0.4) is 0 Å². The zero-order valence-corrected chi connectivity index (χ0v) is 10.3. The lowest BCUT2D eigenvalue weighted by Crippen LogP contribution is -2.55. The van der Waals surface area contributed by atoms with E-state index in [1.807, 2.05) is 0 Å². The lowest BCUT2D eigenvalue weighted by atomic mass is 9.68. The number of nitrogens with zero attached hydrogens (tertiary/aromatic N) is 2. The first kappa shape index (κ1) is 11.0. The van der Waals surface area contributed by atoms with Crippen LogP contribution in [0, 0.1) is 5.41 Å². The molecule has 3 heteroatoms. The van der Waals surface area contributed by atoms with Crippen molar-refractivity contribution in [3.8, 4) is 0 Å². The van der Waals surface area contributed by atoms with Crippen LogP contribution in [-0.4, -0.2) is 55.1 Å². The van der Waals surface area contributed by atoms with E-state index in [1.54, 1.807) is 0 Å². The quantitative estimate of drug-likeness (QED) is 0.771. The molecule has 3 aliphatic rings. The van der Waals surface area contributed by atoms with Crippen molar-refractivity contribution < 1.29 is 0 Å². The summed E-state index contributed by atoms with van der Waals surface area (Å²) >= 11 is 0. The highest BCUT2D eigenvalue weighted by molar-refractivity contribution is 4.94. The molecular weight excluding hydrogens is 198 g/mol. The van der Waals surface area contributed by atoms with Gasteiger partial charge in [-0.1, -0.05) is 6.42 Å². The van der Waals surface area contributed by atoms with Crippen LogP contribution in [0.4, 0.5) is 0 Å². The van der Waals surface area contributed by atoms with Gasteiger partial charge in [0.15, 0.2) is 0 Å². The van der Waals surface area contributed by atoms with Crippen LogP contribution >= 0.6 is 0 Å². The smallest absolute Gasteiger partial charge is 0.0224 e. The zero-order valence-electron chi connectivity index (χ0n) is 10.3. The fourth-order valence-electron chi connectivity index (χ4n) is 3.78. The van der Waals surface area contributed by atoms with Crippen LogP contribution in [0.5, 0.6) is 0 Å². The van der Waals surface area contributed by atoms with Gasteiger partial charge in [-0.25, -0.2) is 0 Å². The molecular formula is C13H25N3. The van der Waals surface area contributed by atoms with E-state index in [1.165, 1.54) is 64.8 Å². The third-order valence-electron chi connectivity index (χ3n) is 5.08. The first-order chi connectivity index (χ1) is 7.81. The maximum Gasteiger partial charge on any atom is 0.0224 e. The minimum atomic E-state index is 0.501. The van der Waals surface area contributed by atoms with Crippen molar-refractivity contribution in [2.75, 3.05) is 39.3 Å². The molecule has 2 N–H and O–H groups in total. The molecule has 2 heterocycles. The second-order valence-corrected chi connectivity index (χ2v) is 6.12. The SMILES string of the molecule is NCC1(CN2CCN3CCCC3C2)CCC1. The Kier molecular flexibility index (Phi) is 2.94. The van der Waals surface area contributed by atoms with Crippen molar-refractivity contribution >= 4 is 0 Å². The van der Waals surface area contributed by atoms with Gasteiger partial charge in [0.1, 0.15) is 0 Å². The molecule has 1 saturated carbocycles. The molecule has 0 spiro atoms. The fourth-order valence-corrected chi connectivity index (χ4v) is 3.78. The van der Waals surface area contributed by atoms with Crippen LogP contribution in [0.25, 0.3) is 0 Å². The summed E-state index contributed by atoms with van der Waals surface area (Å²) in [5.41, 5.74) is 6.46. The lowest BCUT2D eigenvalue weighted by Gasteiger charge is -2.47. The second-order valence-electron chi connectivity index (χ2n) is 6.12. The summed E-state index contributed by atoms with van der Waals surface area (Å²) in [4.78, 5) is 5.38. The van der Waals surface area contributed by atoms with Crippen molar-refractivity contribution in [3.05, 3.63) is 0 Å². The van der Waals surface area contributed by atoms with E-state index in [0.717, 1.165) is 12.6 Å². The summed E-state index contributed by atoms with van der Waals surface area (Å²) < 4.78 is 0. The topological polar surface area (TPSA) is 32.5 Å². The van der Waals surface area contributed by atoms with Crippen LogP contribution in [0.15, 0.2) is 0 Å². The summed E-state index contributed by atoms with van der Waals surface area (Å²) in [7, 11) is 0. The van der Waals surface area contributed by atoms with Gasteiger partial charge in [0.2, 0.25) is 0 Å². The number of nitrogens with two attached hydrogens (primary N) is 1. The van der Waals surface area contributed by atoms with Crippen molar-refractivity contribution in [2.45, 2.75) is 38.1 Å². The predicted octanol–water partition coefficient (Wildman–Crippen LogP) is 0.895. The van der Waals surface area contributed by atoms with Crippen LogP contribution < -0.4 is 5.73 Å². The molecule has 2 saturated heterocycles. The van der Waals surface area contributed by atoms with E-state index in [0.29, 0.717) is 5.41 Å². The van der Waals surface area contributed by atoms with Gasteiger partial charge in [-0.3, -0.25) is 9.80 Å². The third-order valence-corrected chi connectivity index (χ3v) is 5.08. The molecule has 0 aromatic heterocycles. The van der Waals surface area contributed by atoms with E-state index in [2.05, 4.69) is 9.80 Å². The van der Waals surface area contributed by atoms with Crippen molar-refractivity contribution in [2.24, 2.45) is 11.1 Å². The molecule has 16 heavy (non-hydrogen) atoms. The van der Waals surface area contributed by atoms with Crippen LogP contribution in [0.1, 0.15) is 32.1 Å². The minimum Gasteiger partial charge on any atom is -0.330 e. The number of fused-ring (bicyclic) bond motifs is 1. The molecule has 3 fully saturated rings. The lowest BCUT2D eigenvalue weighted by molar-refractivity contribution is 0.0309. The highest BCUT2D eigenvalue weighted by Gasteiger charge is 2.39. The van der Waals surface area contributed by atoms with Gasteiger partial charge < -0.3 is 5.73 Å².